The van der Waals surface area contributed by atoms with Crippen LogP contribution in [0.5, 0.6) is 0 Å². The van der Waals surface area contributed by atoms with Crippen LogP contribution in [0.3, 0.4) is 0 Å². The Hall–Kier alpha value is -1.60. The third kappa shape index (κ3) is 4.45. The fraction of sp³-hybridized carbons (Fsp3) is 0.455. The van der Waals surface area contributed by atoms with Gasteiger partial charge in [0.15, 0.2) is 0 Å². The first-order chi connectivity index (χ1) is 11.4. The normalized spacial score (nSPS) is 16.8. The third-order valence-electron chi connectivity index (χ3n) is 5.22. The average molecular weight is 307 g/mol. The molecule has 1 heteroatoms. The fourth-order valence-electron chi connectivity index (χ4n) is 3.93. The molecule has 0 atom stereocenters. The number of hydrogen-bond acceptors (Lipinski definition) is 1. The number of rotatable bonds is 6. The molecule has 0 N–H and O–H groups in total. The molecule has 0 aromatic heterocycles. The van der Waals surface area contributed by atoms with Gasteiger partial charge in [-0.05, 0) is 62.4 Å². The van der Waals surface area contributed by atoms with Crippen LogP contribution in [0.4, 0.5) is 0 Å². The molecule has 0 radical (unpaired) electrons. The Labute approximate surface area is 141 Å². The van der Waals surface area contributed by atoms with Crippen LogP contribution in [-0.4, -0.2) is 24.5 Å². The zero-order chi connectivity index (χ0) is 15.9. The van der Waals surface area contributed by atoms with Crippen LogP contribution in [0, 0.1) is 5.92 Å². The van der Waals surface area contributed by atoms with E-state index in [1.807, 2.05) is 0 Å². The quantitative estimate of drug-likeness (QED) is 0.697. The average Bonchev–Trinajstić information content (AvgIpc) is 2.63. The second-order valence-electron chi connectivity index (χ2n) is 6.89. The van der Waals surface area contributed by atoms with Crippen molar-refractivity contribution in [2.75, 3.05) is 19.6 Å². The Morgan fingerprint density at radius 3 is 1.87 bits per heavy atom. The van der Waals surface area contributed by atoms with Gasteiger partial charge < -0.3 is 4.90 Å². The molecule has 1 aliphatic rings. The van der Waals surface area contributed by atoms with Crippen LogP contribution in [0.15, 0.2) is 60.7 Å². The highest BCUT2D eigenvalue weighted by Crippen LogP contribution is 2.34. The van der Waals surface area contributed by atoms with Gasteiger partial charge in [0.25, 0.3) is 0 Å². The monoisotopic (exact) mass is 307 g/mol. The van der Waals surface area contributed by atoms with Gasteiger partial charge in [0.05, 0.1) is 0 Å². The number of piperidine rings is 1. The number of nitrogens with zero attached hydrogens (tertiary/aromatic N) is 1. The maximum atomic E-state index is 2.64. The molecular weight excluding hydrogens is 278 g/mol. The Kier molecular flexibility index (Phi) is 5.87. The smallest absolute Gasteiger partial charge is 0.00919 e. The van der Waals surface area contributed by atoms with Crippen molar-refractivity contribution < 1.29 is 0 Å². The maximum Gasteiger partial charge on any atom is 0.00919 e. The van der Waals surface area contributed by atoms with Crippen molar-refractivity contribution in [1.29, 1.82) is 0 Å². The molecule has 0 saturated carbocycles. The minimum atomic E-state index is 0.542. The van der Waals surface area contributed by atoms with Gasteiger partial charge in [-0.1, -0.05) is 67.6 Å². The minimum absolute atomic E-state index is 0.542. The van der Waals surface area contributed by atoms with Crippen LogP contribution < -0.4 is 0 Å². The zero-order valence-electron chi connectivity index (χ0n) is 14.3. The van der Waals surface area contributed by atoms with Crippen molar-refractivity contribution in [2.45, 2.75) is 38.5 Å². The molecule has 1 heterocycles. The van der Waals surface area contributed by atoms with Crippen molar-refractivity contribution >= 4 is 0 Å². The molecule has 0 aliphatic carbocycles. The number of hydrogen-bond donors (Lipinski definition) is 0. The Bertz CT molecular complexity index is 516. The predicted octanol–water partition coefficient (Wildman–Crippen LogP) is 5.33. The summed E-state index contributed by atoms with van der Waals surface area (Å²) in [6.45, 7) is 6.13. The lowest BCUT2D eigenvalue weighted by Crippen LogP contribution is -2.34. The van der Waals surface area contributed by atoms with Gasteiger partial charge in [0.1, 0.15) is 0 Å². The van der Waals surface area contributed by atoms with Crippen LogP contribution in [-0.2, 0) is 0 Å². The van der Waals surface area contributed by atoms with Crippen molar-refractivity contribution in [3.63, 3.8) is 0 Å². The molecule has 0 spiro atoms. The molecule has 1 fully saturated rings. The standard InChI is InChI=1S/C22H29N/c1-2-15-23-16-13-19(14-17-23)18-22(20-9-5-3-6-10-20)21-11-7-4-8-12-21/h3-12,19,22H,2,13-18H2,1H3. The largest absolute Gasteiger partial charge is 0.303 e. The van der Waals surface area contributed by atoms with E-state index >= 15 is 0 Å². The van der Waals surface area contributed by atoms with Gasteiger partial charge in [-0.3, -0.25) is 0 Å². The topological polar surface area (TPSA) is 3.24 Å². The minimum Gasteiger partial charge on any atom is -0.303 e. The SMILES string of the molecule is CCCN1CCC(CC(c2ccccc2)c2ccccc2)CC1. The summed E-state index contributed by atoms with van der Waals surface area (Å²) in [5.41, 5.74) is 2.93. The molecule has 0 unspecified atom stereocenters. The van der Waals surface area contributed by atoms with E-state index in [1.54, 1.807) is 0 Å². The summed E-state index contributed by atoms with van der Waals surface area (Å²) >= 11 is 0. The number of likely N-dealkylation sites (tertiary alicyclic amines) is 1. The van der Waals surface area contributed by atoms with Crippen LogP contribution >= 0.6 is 0 Å². The summed E-state index contributed by atoms with van der Waals surface area (Å²) in [7, 11) is 0. The van der Waals surface area contributed by atoms with E-state index in [0.717, 1.165) is 5.92 Å². The molecule has 0 bridgehead atoms. The van der Waals surface area contributed by atoms with E-state index in [4.69, 9.17) is 0 Å². The Morgan fingerprint density at radius 1 is 0.870 bits per heavy atom. The number of benzene rings is 2. The molecule has 2 aromatic rings. The van der Waals surface area contributed by atoms with Gasteiger partial charge in [-0.15, -0.1) is 0 Å². The highest BCUT2D eigenvalue weighted by molar-refractivity contribution is 5.32. The fourth-order valence-corrected chi connectivity index (χ4v) is 3.93. The lowest BCUT2D eigenvalue weighted by Gasteiger charge is -2.33. The van der Waals surface area contributed by atoms with Crippen molar-refractivity contribution in [3.05, 3.63) is 71.8 Å². The van der Waals surface area contributed by atoms with Gasteiger partial charge >= 0.3 is 0 Å². The lowest BCUT2D eigenvalue weighted by atomic mass is 9.80. The summed E-state index contributed by atoms with van der Waals surface area (Å²) in [6.07, 6.45) is 5.28. The molecule has 2 aromatic carbocycles. The van der Waals surface area contributed by atoms with E-state index in [-0.39, 0.29) is 0 Å². The molecule has 23 heavy (non-hydrogen) atoms. The highest BCUT2D eigenvalue weighted by Gasteiger charge is 2.23. The molecule has 1 nitrogen and oxygen atoms in total. The summed E-state index contributed by atoms with van der Waals surface area (Å²) in [5.74, 6) is 1.40. The zero-order valence-corrected chi connectivity index (χ0v) is 14.3. The van der Waals surface area contributed by atoms with Crippen LogP contribution in [0.2, 0.25) is 0 Å². The van der Waals surface area contributed by atoms with E-state index < -0.39 is 0 Å². The van der Waals surface area contributed by atoms with Crippen LogP contribution in [0.25, 0.3) is 0 Å². The molecule has 1 saturated heterocycles. The van der Waals surface area contributed by atoms with Crippen molar-refractivity contribution in [1.82, 2.24) is 4.90 Å². The van der Waals surface area contributed by atoms with Gasteiger partial charge in [0, 0.05) is 5.92 Å². The lowest BCUT2D eigenvalue weighted by molar-refractivity contribution is 0.177. The predicted molar refractivity (Wildman–Crippen MR) is 98.8 cm³/mol. The van der Waals surface area contributed by atoms with E-state index in [2.05, 4.69) is 72.5 Å². The maximum absolute atomic E-state index is 2.64. The Balaban J connectivity index is 1.70. The van der Waals surface area contributed by atoms with E-state index in [1.165, 1.54) is 56.4 Å². The van der Waals surface area contributed by atoms with E-state index in [9.17, 15) is 0 Å². The molecule has 122 valence electrons. The van der Waals surface area contributed by atoms with Crippen molar-refractivity contribution in [2.24, 2.45) is 5.92 Å². The molecule has 1 aliphatic heterocycles. The first kappa shape index (κ1) is 16.3. The molecule has 3 rings (SSSR count). The second-order valence-corrected chi connectivity index (χ2v) is 6.89. The summed E-state index contributed by atoms with van der Waals surface area (Å²) < 4.78 is 0. The van der Waals surface area contributed by atoms with Crippen LogP contribution in [0.1, 0.15) is 49.7 Å². The highest BCUT2D eigenvalue weighted by atomic mass is 15.1. The first-order valence-corrected chi connectivity index (χ1v) is 9.19. The van der Waals surface area contributed by atoms with Gasteiger partial charge in [-0.2, -0.15) is 0 Å². The third-order valence-corrected chi connectivity index (χ3v) is 5.22. The molecule has 0 amide bonds. The summed E-state index contributed by atoms with van der Waals surface area (Å²) in [5, 5.41) is 0. The van der Waals surface area contributed by atoms with Gasteiger partial charge in [0.2, 0.25) is 0 Å². The molecular formula is C22H29N. The second kappa shape index (κ2) is 8.31. The first-order valence-electron chi connectivity index (χ1n) is 9.19. The van der Waals surface area contributed by atoms with Crippen molar-refractivity contribution in [3.8, 4) is 0 Å². The summed E-state index contributed by atoms with van der Waals surface area (Å²) in [4.78, 5) is 2.64. The Morgan fingerprint density at radius 2 is 1.39 bits per heavy atom. The van der Waals surface area contributed by atoms with E-state index in [0.29, 0.717) is 5.92 Å². The van der Waals surface area contributed by atoms with Gasteiger partial charge in [-0.25, -0.2) is 0 Å². The summed E-state index contributed by atoms with van der Waals surface area (Å²) in [6, 6.07) is 22.1.